The highest BCUT2D eigenvalue weighted by Gasteiger charge is 2.31. The lowest BCUT2D eigenvalue weighted by Gasteiger charge is -2.24. The molecule has 2 aromatic rings. The second kappa shape index (κ2) is 5.64. The average molecular weight is 295 g/mol. The molecule has 1 N–H and O–H groups in total. The summed E-state index contributed by atoms with van der Waals surface area (Å²) in [5, 5.41) is 2.86. The van der Waals surface area contributed by atoms with Gasteiger partial charge in [-0.25, -0.2) is 4.79 Å². The van der Waals surface area contributed by atoms with E-state index in [0.29, 0.717) is 12.0 Å². The fourth-order valence-electron chi connectivity index (χ4n) is 2.58. The number of aryl methyl sites for hydroxylation is 1. The summed E-state index contributed by atoms with van der Waals surface area (Å²) in [4.78, 5) is 24.4. The second-order valence-corrected chi connectivity index (χ2v) is 5.49. The van der Waals surface area contributed by atoms with Gasteiger partial charge in [0.15, 0.2) is 6.10 Å². The van der Waals surface area contributed by atoms with E-state index in [-0.39, 0.29) is 5.91 Å². The SMILES string of the molecule is Cc1cccc(NC(=O)[C@@H]2Cc3ccccc3C(=O)O2)c1C. The number of amides is 1. The number of esters is 1. The van der Waals surface area contributed by atoms with E-state index >= 15 is 0 Å². The predicted molar refractivity (Wildman–Crippen MR) is 83.9 cm³/mol. The van der Waals surface area contributed by atoms with Crippen LogP contribution in [-0.2, 0) is 16.0 Å². The number of cyclic esters (lactones) is 1. The van der Waals surface area contributed by atoms with Crippen LogP contribution in [0, 0.1) is 13.8 Å². The molecule has 0 fully saturated rings. The van der Waals surface area contributed by atoms with Gasteiger partial charge in [0.05, 0.1) is 5.56 Å². The van der Waals surface area contributed by atoms with E-state index in [9.17, 15) is 9.59 Å². The molecule has 0 saturated carbocycles. The first-order valence-electron chi connectivity index (χ1n) is 7.22. The third-order valence-electron chi connectivity index (χ3n) is 4.05. The summed E-state index contributed by atoms with van der Waals surface area (Å²) in [6, 6.07) is 12.9. The number of benzene rings is 2. The van der Waals surface area contributed by atoms with Gasteiger partial charge >= 0.3 is 5.97 Å². The second-order valence-electron chi connectivity index (χ2n) is 5.49. The van der Waals surface area contributed by atoms with Gasteiger partial charge in [-0.1, -0.05) is 30.3 Å². The van der Waals surface area contributed by atoms with Crippen LogP contribution in [0.15, 0.2) is 42.5 Å². The maximum Gasteiger partial charge on any atom is 0.339 e. The minimum atomic E-state index is -0.790. The number of rotatable bonds is 2. The van der Waals surface area contributed by atoms with E-state index in [2.05, 4.69) is 5.32 Å². The maximum absolute atomic E-state index is 12.4. The lowest BCUT2D eigenvalue weighted by Crippen LogP contribution is -2.38. The van der Waals surface area contributed by atoms with Gasteiger partial charge in [-0.15, -0.1) is 0 Å². The molecule has 0 bridgehead atoms. The van der Waals surface area contributed by atoms with Crippen molar-refractivity contribution >= 4 is 17.6 Å². The summed E-state index contributed by atoms with van der Waals surface area (Å²) in [6.45, 7) is 3.94. The van der Waals surface area contributed by atoms with E-state index in [1.54, 1.807) is 12.1 Å². The van der Waals surface area contributed by atoms with Crippen molar-refractivity contribution in [1.29, 1.82) is 0 Å². The quantitative estimate of drug-likeness (QED) is 0.866. The highest BCUT2D eigenvalue weighted by atomic mass is 16.5. The molecule has 4 heteroatoms. The zero-order valence-corrected chi connectivity index (χ0v) is 12.6. The fraction of sp³-hybridized carbons (Fsp3) is 0.222. The van der Waals surface area contributed by atoms with Gasteiger partial charge in [-0.05, 0) is 42.7 Å². The normalized spacial score (nSPS) is 16.6. The Bertz CT molecular complexity index is 752. The van der Waals surface area contributed by atoms with Crippen LogP contribution in [0.2, 0.25) is 0 Å². The Balaban J connectivity index is 1.80. The van der Waals surface area contributed by atoms with Crippen molar-refractivity contribution in [2.45, 2.75) is 26.4 Å². The number of anilines is 1. The van der Waals surface area contributed by atoms with Crippen LogP contribution in [0.4, 0.5) is 5.69 Å². The van der Waals surface area contributed by atoms with Crippen molar-refractivity contribution in [3.63, 3.8) is 0 Å². The number of hydrogen-bond donors (Lipinski definition) is 1. The Morgan fingerprint density at radius 1 is 1.14 bits per heavy atom. The molecule has 1 heterocycles. The minimum absolute atomic E-state index is 0.295. The lowest BCUT2D eigenvalue weighted by atomic mass is 9.98. The molecule has 0 aliphatic carbocycles. The zero-order chi connectivity index (χ0) is 15.7. The molecule has 0 unspecified atom stereocenters. The Hall–Kier alpha value is -2.62. The Morgan fingerprint density at radius 2 is 1.91 bits per heavy atom. The molecule has 2 aromatic carbocycles. The smallest absolute Gasteiger partial charge is 0.339 e. The largest absolute Gasteiger partial charge is 0.448 e. The first-order chi connectivity index (χ1) is 10.6. The molecule has 1 aliphatic heterocycles. The van der Waals surface area contributed by atoms with Gasteiger partial charge in [-0.3, -0.25) is 4.79 Å². The highest BCUT2D eigenvalue weighted by molar-refractivity contribution is 6.00. The monoisotopic (exact) mass is 295 g/mol. The summed E-state index contributed by atoms with van der Waals surface area (Å²) in [7, 11) is 0. The lowest BCUT2D eigenvalue weighted by molar-refractivity contribution is -0.125. The van der Waals surface area contributed by atoms with E-state index in [1.807, 2.05) is 44.2 Å². The number of ether oxygens (including phenoxy) is 1. The molecule has 0 aromatic heterocycles. The van der Waals surface area contributed by atoms with Gasteiger partial charge in [0, 0.05) is 12.1 Å². The third kappa shape index (κ3) is 2.60. The predicted octanol–water partition coefficient (Wildman–Crippen LogP) is 3.02. The maximum atomic E-state index is 12.4. The van der Waals surface area contributed by atoms with Crippen LogP contribution in [-0.4, -0.2) is 18.0 Å². The van der Waals surface area contributed by atoms with Gasteiger partial charge < -0.3 is 10.1 Å². The summed E-state index contributed by atoms with van der Waals surface area (Å²) in [5.41, 5.74) is 4.25. The summed E-state index contributed by atoms with van der Waals surface area (Å²) >= 11 is 0. The molecule has 22 heavy (non-hydrogen) atoms. The van der Waals surface area contributed by atoms with Crippen LogP contribution >= 0.6 is 0 Å². The van der Waals surface area contributed by atoms with Gasteiger partial charge in [0.25, 0.3) is 5.91 Å². The van der Waals surface area contributed by atoms with Crippen molar-refractivity contribution in [1.82, 2.24) is 0 Å². The van der Waals surface area contributed by atoms with Crippen molar-refractivity contribution in [2.24, 2.45) is 0 Å². The molecular formula is C18H17NO3. The van der Waals surface area contributed by atoms with Crippen LogP contribution in [0.3, 0.4) is 0 Å². The van der Waals surface area contributed by atoms with Crippen molar-refractivity contribution in [3.8, 4) is 0 Å². The fourth-order valence-corrected chi connectivity index (χ4v) is 2.58. The molecule has 0 radical (unpaired) electrons. The van der Waals surface area contributed by atoms with Crippen LogP contribution in [0.1, 0.15) is 27.0 Å². The number of hydrogen-bond acceptors (Lipinski definition) is 3. The molecule has 4 nitrogen and oxygen atoms in total. The topological polar surface area (TPSA) is 55.4 Å². The number of nitrogens with one attached hydrogen (secondary N) is 1. The average Bonchev–Trinajstić information content (AvgIpc) is 2.52. The molecule has 1 amide bonds. The number of carbonyl (C=O) groups excluding carboxylic acids is 2. The zero-order valence-electron chi connectivity index (χ0n) is 12.6. The van der Waals surface area contributed by atoms with Gasteiger partial charge in [0.1, 0.15) is 0 Å². The molecule has 3 rings (SSSR count). The highest BCUT2D eigenvalue weighted by Crippen LogP contribution is 2.23. The minimum Gasteiger partial charge on any atom is -0.448 e. The standard InChI is InChI=1S/C18H17NO3/c1-11-6-5-9-15(12(11)2)19-17(20)16-10-13-7-3-4-8-14(13)18(21)22-16/h3-9,16H,10H2,1-2H3,(H,19,20)/t16-/m0/s1. The van der Waals surface area contributed by atoms with Crippen LogP contribution < -0.4 is 5.32 Å². The van der Waals surface area contributed by atoms with E-state index in [1.165, 1.54) is 0 Å². The van der Waals surface area contributed by atoms with Gasteiger partial charge in [0.2, 0.25) is 0 Å². The summed E-state index contributed by atoms with van der Waals surface area (Å²) in [5.74, 6) is -0.737. The van der Waals surface area contributed by atoms with E-state index < -0.39 is 12.1 Å². The summed E-state index contributed by atoms with van der Waals surface area (Å²) in [6.07, 6.45) is -0.388. The van der Waals surface area contributed by atoms with E-state index in [0.717, 1.165) is 22.4 Å². The molecule has 0 spiro atoms. The Kier molecular flexibility index (Phi) is 3.67. The number of carbonyl (C=O) groups is 2. The summed E-state index contributed by atoms with van der Waals surface area (Å²) < 4.78 is 5.27. The van der Waals surface area contributed by atoms with Crippen LogP contribution in [0.5, 0.6) is 0 Å². The molecular weight excluding hydrogens is 278 g/mol. The van der Waals surface area contributed by atoms with Gasteiger partial charge in [-0.2, -0.15) is 0 Å². The first kappa shape index (κ1) is 14.3. The molecule has 1 aliphatic rings. The Labute approximate surface area is 129 Å². The molecule has 1 atom stereocenters. The van der Waals surface area contributed by atoms with Crippen LogP contribution in [0.25, 0.3) is 0 Å². The molecule has 112 valence electrons. The molecule has 0 saturated heterocycles. The van der Waals surface area contributed by atoms with Crippen molar-refractivity contribution in [2.75, 3.05) is 5.32 Å². The van der Waals surface area contributed by atoms with Crippen molar-refractivity contribution < 1.29 is 14.3 Å². The third-order valence-corrected chi connectivity index (χ3v) is 4.05. The number of fused-ring (bicyclic) bond motifs is 1. The van der Waals surface area contributed by atoms with Crippen molar-refractivity contribution in [3.05, 3.63) is 64.7 Å². The van der Waals surface area contributed by atoms with E-state index in [4.69, 9.17) is 4.74 Å². The Morgan fingerprint density at radius 3 is 2.73 bits per heavy atom. The first-order valence-corrected chi connectivity index (χ1v) is 7.22.